The molecule has 0 radical (unpaired) electrons. The second kappa shape index (κ2) is 8.45. The Balaban J connectivity index is 1.43. The number of carbonyl (C=O) groups is 1. The molecule has 0 bridgehead atoms. The zero-order chi connectivity index (χ0) is 15.9. The SMILES string of the molecule is O=C(CSCc1ccccc1)Nc1nnc(C2CCCCC2)s1. The fourth-order valence-electron chi connectivity index (χ4n) is 2.79. The van der Waals surface area contributed by atoms with Crippen molar-refractivity contribution in [1.82, 2.24) is 10.2 Å². The van der Waals surface area contributed by atoms with Crippen molar-refractivity contribution < 1.29 is 4.79 Å². The van der Waals surface area contributed by atoms with E-state index in [9.17, 15) is 4.79 Å². The Kier molecular flexibility index (Phi) is 6.05. The molecule has 1 aromatic heterocycles. The summed E-state index contributed by atoms with van der Waals surface area (Å²) in [5.41, 5.74) is 1.24. The monoisotopic (exact) mass is 347 g/mol. The van der Waals surface area contributed by atoms with Crippen LogP contribution in [0.4, 0.5) is 5.13 Å². The van der Waals surface area contributed by atoms with Crippen LogP contribution in [0, 0.1) is 0 Å². The molecule has 3 rings (SSSR count). The summed E-state index contributed by atoms with van der Waals surface area (Å²) in [6.07, 6.45) is 6.30. The average Bonchev–Trinajstić information content (AvgIpc) is 3.05. The number of carbonyl (C=O) groups excluding carboxylic acids is 1. The summed E-state index contributed by atoms with van der Waals surface area (Å²) in [6.45, 7) is 0. The van der Waals surface area contributed by atoms with Gasteiger partial charge in [-0.1, -0.05) is 60.9 Å². The Hall–Kier alpha value is -1.40. The van der Waals surface area contributed by atoms with Crippen LogP contribution < -0.4 is 5.32 Å². The van der Waals surface area contributed by atoms with Crippen molar-refractivity contribution in [2.75, 3.05) is 11.1 Å². The number of rotatable bonds is 6. The molecule has 1 aromatic carbocycles. The molecular weight excluding hydrogens is 326 g/mol. The van der Waals surface area contributed by atoms with E-state index in [2.05, 4.69) is 27.6 Å². The molecular formula is C17H21N3OS2. The number of thioether (sulfide) groups is 1. The van der Waals surface area contributed by atoms with E-state index in [0.717, 1.165) is 10.8 Å². The van der Waals surface area contributed by atoms with Gasteiger partial charge in [0.2, 0.25) is 11.0 Å². The first-order valence-corrected chi connectivity index (χ1v) is 10.0. The van der Waals surface area contributed by atoms with E-state index >= 15 is 0 Å². The predicted molar refractivity (Wildman–Crippen MR) is 97.0 cm³/mol. The summed E-state index contributed by atoms with van der Waals surface area (Å²) in [5.74, 6) is 1.82. The van der Waals surface area contributed by atoms with Gasteiger partial charge in [0.05, 0.1) is 5.75 Å². The Morgan fingerprint density at radius 2 is 1.96 bits per heavy atom. The van der Waals surface area contributed by atoms with E-state index in [-0.39, 0.29) is 5.91 Å². The number of benzene rings is 1. The summed E-state index contributed by atoms with van der Waals surface area (Å²) in [7, 11) is 0. The van der Waals surface area contributed by atoms with E-state index < -0.39 is 0 Å². The molecule has 2 aromatic rings. The van der Waals surface area contributed by atoms with Gasteiger partial charge in [-0.2, -0.15) is 0 Å². The topological polar surface area (TPSA) is 54.9 Å². The van der Waals surface area contributed by atoms with Crippen molar-refractivity contribution in [3.8, 4) is 0 Å². The average molecular weight is 348 g/mol. The Morgan fingerprint density at radius 3 is 2.74 bits per heavy atom. The summed E-state index contributed by atoms with van der Waals surface area (Å²) >= 11 is 3.15. The lowest BCUT2D eigenvalue weighted by atomic mass is 9.90. The molecule has 1 heterocycles. The highest BCUT2D eigenvalue weighted by molar-refractivity contribution is 7.99. The van der Waals surface area contributed by atoms with Crippen LogP contribution in [0.5, 0.6) is 0 Å². The summed E-state index contributed by atoms with van der Waals surface area (Å²) in [4.78, 5) is 12.0. The van der Waals surface area contributed by atoms with Crippen LogP contribution in [0.15, 0.2) is 30.3 Å². The summed E-state index contributed by atoms with van der Waals surface area (Å²) < 4.78 is 0. The second-order valence-corrected chi connectivity index (χ2v) is 7.80. The highest BCUT2D eigenvalue weighted by Crippen LogP contribution is 2.35. The van der Waals surface area contributed by atoms with Crippen molar-refractivity contribution in [3.63, 3.8) is 0 Å². The van der Waals surface area contributed by atoms with Crippen LogP contribution in [-0.4, -0.2) is 21.9 Å². The number of hydrogen-bond acceptors (Lipinski definition) is 5. The van der Waals surface area contributed by atoms with Crippen molar-refractivity contribution in [1.29, 1.82) is 0 Å². The van der Waals surface area contributed by atoms with Crippen LogP contribution >= 0.6 is 23.1 Å². The van der Waals surface area contributed by atoms with Crippen molar-refractivity contribution in [3.05, 3.63) is 40.9 Å². The normalized spacial score (nSPS) is 15.5. The highest BCUT2D eigenvalue weighted by atomic mass is 32.2. The first kappa shape index (κ1) is 16.5. The Labute approximate surface area is 145 Å². The molecule has 4 nitrogen and oxygen atoms in total. The first-order chi connectivity index (χ1) is 11.3. The molecule has 0 atom stereocenters. The number of amides is 1. The minimum absolute atomic E-state index is 0.00252. The van der Waals surface area contributed by atoms with Gasteiger partial charge >= 0.3 is 0 Å². The smallest absolute Gasteiger partial charge is 0.236 e. The lowest BCUT2D eigenvalue weighted by Crippen LogP contribution is -2.13. The zero-order valence-electron chi connectivity index (χ0n) is 13.0. The van der Waals surface area contributed by atoms with Gasteiger partial charge < -0.3 is 0 Å². The van der Waals surface area contributed by atoms with Crippen LogP contribution in [0.2, 0.25) is 0 Å². The number of aromatic nitrogens is 2. The number of nitrogens with one attached hydrogen (secondary N) is 1. The minimum atomic E-state index is -0.00252. The molecule has 6 heteroatoms. The van der Waals surface area contributed by atoms with Gasteiger partial charge in [0, 0.05) is 11.7 Å². The van der Waals surface area contributed by atoms with Gasteiger partial charge in [-0.3, -0.25) is 10.1 Å². The van der Waals surface area contributed by atoms with Crippen LogP contribution in [0.3, 0.4) is 0 Å². The van der Waals surface area contributed by atoms with E-state index in [1.807, 2.05) is 18.2 Å². The molecule has 1 aliphatic rings. The molecule has 1 N–H and O–H groups in total. The summed E-state index contributed by atoms with van der Waals surface area (Å²) in [6, 6.07) is 10.2. The van der Waals surface area contributed by atoms with E-state index in [1.54, 1.807) is 11.8 Å². The van der Waals surface area contributed by atoms with E-state index in [4.69, 9.17) is 0 Å². The van der Waals surface area contributed by atoms with Crippen LogP contribution in [0.1, 0.15) is 48.6 Å². The van der Waals surface area contributed by atoms with Gasteiger partial charge in [0.15, 0.2) is 0 Å². The molecule has 122 valence electrons. The first-order valence-electron chi connectivity index (χ1n) is 8.06. The maximum Gasteiger partial charge on any atom is 0.236 e. The van der Waals surface area contributed by atoms with Crippen molar-refractivity contribution in [2.24, 2.45) is 0 Å². The van der Waals surface area contributed by atoms with E-state index in [1.165, 1.54) is 49.0 Å². The molecule has 1 fully saturated rings. The minimum Gasteiger partial charge on any atom is -0.300 e. The fraction of sp³-hybridized carbons (Fsp3) is 0.471. The van der Waals surface area contributed by atoms with Crippen LogP contribution in [0.25, 0.3) is 0 Å². The maximum atomic E-state index is 12.0. The lowest BCUT2D eigenvalue weighted by Gasteiger charge is -2.18. The van der Waals surface area contributed by atoms with Crippen LogP contribution in [-0.2, 0) is 10.5 Å². The van der Waals surface area contributed by atoms with E-state index in [0.29, 0.717) is 16.8 Å². The van der Waals surface area contributed by atoms with Crippen molar-refractivity contribution >= 4 is 34.1 Å². The second-order valence-electron chi connectivity index (χ2n) is 5.81. The zero-order valence-corrected chi connectivity index (χ0v) is 14.7. The molecule has 0 spiro atoms. The molecule has 0 saturated heterocycles. The lowest BCUT2D eigenvalue weighted by molar-refractivity contribution is -0.113. The molecule has 23 heavy (non-hydrogen) atoms. The number of hydrogen-bond donors (Lipinski definition) is 1. The van der Waals surface area contributed by atoms with Gasteiger partial charge in [-0.15, -0.1) is 22.0 Å². The predicted octanol–water partition coefficient (Wildman–Crippen LogP) is 4.46. The van der Waals surface area contributed by atoms with Crippen molar-refractivity contribution in [2.45, 2.75) is 43.8 Å². The Bertz CT molecular complexity index is 624. The molecule has 1 amide bonds. The maximum absolute atomic E-state index is 12.0. The molecule has 0 aliphatic heterocycles. The van der Waals surface area contributed by atoms with Gasteiger partial charge in [0.25, 0.3) is 0 Å². The van der Waals surface area contributed by atoms with Gasteiger partial charge in [-0.25, -0.2) is 0 Å². The van der Waals surface area contributed by atoms with Gasteiger partial charge in [0.1, 0.15) is 5.01 Å². The number of anilines is 1. The number of nitrogens with zero attached hydrogens (tertiary/aromatic N) is 2. The molecule has 1 aliphatic carbocycles. The van der Waals surface area contributed by atoms with Gasteiger partial charge in [-0.05, 0) is 18.4 Å². The fourth-order valence-corrected chi connectivity index (χ4v) is 4.51. The molecule has 1 saturated carbocycles. The standard InChI is InChI=1S/C17H21N3OS2/c21-15(12-22-11-13-7-3-1-4-8-13)18-17-20-19-16(23-17)14-9-5-2-6-10-14/h1,3-4,7-8,14H,2,5-6,9-12H2,(H,18,20,21). The third kappa shape index (κ3) is 5.04. The Morgan fingerprint density at radius 1 is 1.17 bits per heavy atom. The quantitative estimate of drug-likeness (QED) is 0.838. The highest BCUT2D eigenvalue weighted by Gasteiger charge is 2.20. The molecule has 0 unspecified atom stereocenters. The largest absolute Gasteiger partial charge is 0.300 e. The third-order valence-electron chi connectivity index (χ3n) is 3.99. The third-order valence-corrected chi connectivity index (χ3v) is 5.99. The summed E-state index contributed by atoms with van der Waals surface area (Å²) in [5, 5.41) is 13.0.